The molecule has 1 aliphatic carbocycles. The molecule has 1 saturated heterocycles. The van der Waals surface area contributed by atoms with Gasteiger partial charge in [-0.1, -0.05) is 24.3 Å². The van der Waals surface area contributed by atoms with E-state index in [1.165, 1.54) is 6.07 Å². The summed E-state index contributed by atoms with van der Waals surface area (Å²) in [5.41, 5.74) is -0.948. The van der Waals surface area contributed by atoms with Crippen molar-refractivity contribution in [3.63, 3.8) is 0 Å². The van der Waals surface area contributed by atoms with Gasteiger partial charge in [0.15, 0.2) is 0 Å². The molecule has 7 heteroatoms. The van der Waals surface area contributed by atoms with Crippen molar-refractivity contribution in [2.45, 2.75) is 5.41 Å². The number of pyridine rings is 1. The van der Waals surface area contributed by atoms with Crippen LogP contribution >= 0.6 is 0 Å². The van der Waals surface area contributed by atoms with E-state index in [1.54, 1.807) is 48.7 Å². The molecule has 7 nitrogen and oxygen atoms in total. The largest absolute Gasteiger partial charge is 0.295 e. The SMILES string of the molecule is O=C1NC(=O)C2(c3ccc4ncccc4c3[N+](=O)[O-])C=CC=CC12. The van der Waals surface area contributed by atoms with E-state index in [1.807, 2.05) is 0 Å². The van der Waals surface area contributed by atoms with Crippen LogP contribution in [0.5, 0.6) is 0 Å². The summed E-state index contributed by atoms with van der Waals surface area (Å²) in [4.78, 5) is 40.1. The van der Waals surface area contributed by atoms with Gasteiger partial charge in [0.2, 0.25) is 11.8 Å². The molecule has 2 atom stereocenters. The van der Waals surface area contributed by atoms with Crippen molar-refractivity contribution in [1.82, 2.24) is 10.3 Å². The number of nitro groups is 1. The van der Waals surface area contributed by atoms with Crippen molar-refractivity contribution in [2.24, 2.45) is 5.92 Å². The zero-order valence-electron chi connectivity index (χ0n) is 12.3. The number of nitrogens with one attached hydrogen (secondary N) is 1. The molecule has 0 bridgehead atoms. The van der Waals surface area contributed by atoms with E-state index in [-0.39, 0.29) is 11.3 Å². The molecule has 2 aromatic rings. The number of rotatable bonds is 2. The molecule has 4 rings (SSSR count). The van der Waals surface area contributed by atoms with Gasteiger partial charge in [0.1, 0.15) is 5.41 Å². The zero-order valence-corrected chi connectivity index (χ0v) is 12.3. The Morgan fingerprint density at radius 1 is 1.21 bits per heavy atom. The molecule has 118 valence electrons. The summed E-state index contributed by atoms with van der Waals surface area (Å²) in [6, 6.07) is 6.34. The van der Waals surface area contributed by atoms with Gasteiger partial charge in [-0.2, -0.15) is 0 Å². The third-order valence-corrected chi connectivity index (χ3v) is 4.54. The molecule has 0 radical (unpaired) electrons. The summed E-state index contributed by atoms with van der Waals surface area (Å²) in [6.45, 7) is 0. The van der Waals surface area contributed by atoms with Crippen molar-refractivity contribution < 1.29 is 14.5 Å². The molecule has 2 amide bonds. The lowest BCUT2D eigenvalue weighted by Crippen LogP contribution is -2.38. The second-order valence-electron chi connectivity index (χ2n) is 5.70. The summed E-state index contributed by atoms with van der Waals surface area (Å²) >= 11 is 0. The lowest BCUT2D eigenvalue weighted by molar-refractivity contribution is -0.384. The van der Waals surface area contributed by atoms with Crippen LogP contribution in [0.15, 0.2) is 54.8 Å². The third-order valence-electron chi connectivity index (χ3n) is 4.54. The van der Waals surface area contributed by atoms with Gasteiger partial charge in [-0.25, -0.2) is 0 Å². The minimum absolute atomic E-state index is 0.196. The maximum Gasteiger partial charge on any atom is 0.283 e. The number of amides is 2. The molecular formula is C17H11N3O4. The highest BCUT2D eigenvalue weighted by Gasteiger charge is 2.57. The normalized spacial score (nSPS) is 24.9. The lowest BCUT2D eigenvalue weighted by atomic mass is 9.68. The highest BCUT2D eigenvalue weighted by molar-refractivity contribution is 6.14. The number of carbonyl (C=O) groups excluding carboxylic acids is 2. The van der Waals surface area contributed by atoms with E-state index in [2.05, 4.69) is 10.3 Å². The molecule has 24 heavy (non-hydrogen) atoms. The highest BCUT2D eigenvalue weighted by atomic mass is 16.6. The van der Waals surface area contributed by atoms with E-state index in [0.717, 1.165) is 0 Å². The van der Waals surface area contributed by atoms with Crippen LogP contribution in [0.1, 0.15) is 5.56 Å². The van der Waals surface area contributed by atoms with Crippen LogP contribution in [0, 0.1) is 16.0 Å². The molecule has 2 unspecified atom stereocenters. The standard InChI is InChI=1S/C17H11N3O4/c21-15-12-5-1-2-8-17(12,16(22)19-15)11-6-7-13-10(4-3-9-18-13)14(11)20(23)24/h1-9,12H,(H,19,21,22). The van der Waals surface area contributed by atoms with Gasteiger partial charge in [0.05, 0.1) is 27.3 Å². The number of carbonyl (C=O) groups is 2. The van der Waals surface area contributed by atoms with Crippen LogP contribution in [0.2, 0.25) is 0 Å². The molecular weight excluding hydrogens is 310 g/mol. The molecule has 1 aliphatic heterocycles. The summed E-state index contributed by atoms with van der Waals surface area (Å²) < 4.78 is 0. The van der Waals surface area contributed by atoms with Gasteiger partial charge >= 0.3 is 0 Å². The first-order valence-corrected chi connectivity index (χ1v) is 7.29. The highest BCUT2D eigenvalue weighted by Crippen LogP contribution is 2.46. The zero-order chi connectivity index (χ0) is 16.9. The maximum absolute atomic E-state index is 12.6. The molecule has 1 fully saturated rings. The minimum Gasteiger partial charge on any atom is -0.295 e. The van der Waals surface area contributed by atoms with E-state index in [9.17, 15) is 19.7 Å². The summed E-state index contributed by atoms with van der Waals surface area (Å²) in [5.74, 6) is -1.81. The van der Waals surface area contributed by atoms with E-state index in [0.29, 0.717) is 10.9 Å². The number of nitro benzene ring substituents is 1. The van der Waals surface area contributed by atoms with Gasteiger partial charge in [-0.15, -0.1) is 0 Å². The smallest absolute Gasteiger partial charge is 0.283 e. The average molecular weight is 321 g/mol. The van der Waals surface area contributed by atoms with Crippen LogP contribution in [0.25, 0.3) is 10.9 Å². The second kappa shape index (κ2) is 4.82. The number of imide groups is 1. The van der Waals surface area contributed by atoms with Crippen LogP contribution in [-0.2, 0) is 15.0 Å². The number of hydrogen-bond acceptors (Lipinski definition) is 5. The van der Waals surface area contributed by atoms with Crippen molar-refractivity contribution >= 4 is 28.4 Å². The van der Waals surface area contributed by atoms with Crippen LogP contribution in [0.4, 0.5) is 5.69 Å². The predicted molar refractivity (Wildman–Crippen MR) is 85.0 cm³/mol. The van der Waals surface area contributed by atoms with Crippen LogP contribution in [-0.4, -0.2) is 21.7 Å². The van der Waals surface area contributed by atoms with Crippen molar-refractivity contribution in [1.29, 1.82) is 0 Å². The van der Waals surface area contributed by atoms with Crippen molar-refractivity contribution in [3.05, 3.63) is 70.4 Å². The molecule has 1 aromatic heterocycles. The van der Waals surface area contributed by atoms with Gasteiger partial charge in [-0.3, -0.25) is 30.0 Å². The number of aromatic nitrogens is 1. The summed E-state index contributed by atoms with van der Waals surface area (Å²) in [6.07, 6.45) is 7.99. The first kappa shape index (κ1) is 14.3. The van der Waals surface area contributed by atoms with Crippen LogP contribution < -0.4 is 5.32 Å². The molecule has 1 aromatic carbocycles. The molecule has 0 spiro atoms. The Morgan fingerprint density at radius 2 is 2.04 bits per heavy atom. The van der Waals surface area contributed by atoms with E-state index in [4.69, 9.17) is 0 Å². The topological polar surface area (TPSA) is 102 Å². The summed E-state index contributed by atoms with van der Waals surface area (Å²) in [7, 11) is 0. The number of nitrogens with zero attached hydrogens (tertiary/aromatic N) is 2. The van der Waals surface area contributed by atoms with E-state index >= 15 is 0 Å². The second-order valence-corrected chi connectivity index (χ2v) is 5.70. The van der Waals surface area contributed by atoms with E-state index < -0.39 is 28.1 Å². The van der Waals surface area contributed by atoms with Crippen LogP contribution in [0.3, 0.4) is 0 Å². The fourth-order valence-corrected chi connectivity index (χ4v) is 3.49. The van der Waals surface area contributed by atoms with Crippen molar-refractivity contribution in [2.75, 3.05) is 0 Å². The summed E-state index contributed by atoms with van der Waals surface area (Å²) in [5, 5.41) is 14.4. The number of fused-ring (bicyclic) bond motifs is 2. The fraction of sp³-hybridized carbons (Fsp3) is 0.118. The minimum atomic E-state index is -1.40. The Bertz CT molecular complexity index is 979. The number of allylic oxidation sites excluding steroid dienone is 2. The quantitative estimate of drug-likeness (QED) is 0.516. The molecule has 2 aliphatic rings. The van der Waals surface area contributed by atoms with Crippen molar-refractivity contribution in [3.8, 4) is 0 Å². The average Bonchev–Trinajstić information content (AvgIpc) is 2.85. The third kappa shape index (κ3) is 1.69. The number of hydrogen-bond donors (Lipinski definition) is 1. The lowest BCUT2D eigenvalue weighted by Gasteiger charge is -2.28. The first-order valence-electron chi connectivity index (χ1n) is 7.29. The maximum atomic E-state index is 12.6. The van der Waals surface area contributed by atoms with Gasteiger partial charge in [-0.05, 0) is 24.3 Å². The van der Waals surface area contributed by atoms with Gasteiger partial charge < -0.3 is 0 Å². The molecule has 0 saturated carbocycles. The monoisotopic (exact) mass is 321 g/mol. The van der Waals surface area contributed by atoms with Gasteiger partial charge in [0, 0.05) is 6.20 Å². The Balaban J connectivity index is 2.09. The predicted octanol–water partition coefficient (Wildman–Crippen LogP) is 1.78. The Hall–Kier alpha value is -3.35. The Morgan fingerprint density at radius 3 is 2.83 bits per heavy atom. The molecule has 2 heterocycles. The number of benzene rings is 1. The first-order chi connectivity index (χ1) is 11.6. The Kier molecular flexibility index (Phi) is 2.86. The molecule has 1 N–H and O–H groups in total. The fourth-order valence-electron chi connectivity index (χ4n) is 3.49. The van der Waals surface area contributed by atoms with Gasteiger partial charge in [0.25, 0.3) is 5.69 Å². The Labute approximate surface area is 135 Å².